The van der Waals surface area contributed by atoms with Crippen molar-refractivity contribution < 1.29 is 14.3 Å². The Balaban J connectivity index is 1.71. The molecule has 7 nitrogen and oxygen atoms in total. The van der Waals surface area contributed by atoms with E-state index in [1.54, 1.807) is 31.6 Å². The molecular formula is C23H24N4O3. The number of carbonyl (C=O) groups is 1. The van der Waals surface area contributed by atoms with E-state index >= 15 is 0 Å². The number of benzene rings is 2. The number of nitrogens with zero attached hydrogens (tertiary/aromatic N) is 4. The maximum atomic E-state index is 12.8. The maximum absolute atomic E-state index is 12.8. The molecule has 0 spiro atoms. The highest BCUT2D eigenvalue weighted by atomic mass is 16.5. The van der Waals surface area contributed by atoms with Crippen LogP contribution in [0.5, 0.6) is 11.5 Å². The van der Waals surface area contributed by atoms with Crippen LogP contribution in [0.15, 0.2) is 53.9 Å². The van der Waals surface area contributed by atoms with Gasteiger partial charge in [0.05, 0.1) is 37.0 Å². The molecule has 0 bridgehead atoms. The van der Waals surface area contributed by atoms with Gasteiger partial charge in [-0.3, -0.25) is 14.8 Å². The molecule has 2 aromatic carbocycles. The minimum absolute atomic E-state index is 0.0113. The van der Waals surface area contributed by atoms with Gasteiger partial charge in [-0.15, -0.1) is 0 Å². The summed E-state index contributed by atoms with van der Waals surface area (Å²) in [6.45, 7) is 1.99. The minimum atomic E-state index is -0.182. The van der Waals surface area contributed by atoms with E-state index in [0.717, 1.165) is 34.3 Å². The highest BCUT2D eigenvalue weighted by Gasteiger charge is 2.33. The molecule has 1 amide bonds. The lowest BCUT2D eigenvalue weighted by Gasteiger charge is -2.22. The molecule has 0 fully saturated rings. The molecule has 154 valence electrons. The van der Waals surface area contributed by atoms with E-state index in [-0.39, 0.29) is 11.9 Å². The Morgan fingerprint density at radius 3 is 2.53 bits per heavy atom. The third-order valence-corrected chi connectivity index (χ3v) is 5.22. The lowest BCUT2D eigenvalue weighted by atomic mass is 9.97. The molecule has 2 heterocycles. The van der Waals surface area contributed by atoms with Gasteiger partial charge in [-0.1, -0.05) is 13.0 Å². The van der Waals surface area contributed by atoms with Crippen LogP contribution in [0.4, 0.5) is 0 Å². The number of methoxy groups -OCH3 is 2. The Hall–Kier alpha value is -3.48. The zero-order chi connectivity index (χ0) is 21.1. The second kappa shape index (κ2) is 8.49. The summed E-state index contributed by atoms with van der Waals surface area (Å²) in [5, 5.41) is 6.33. The van der Waals surface area contributed by atoms with Gasteiger partial charge in [0.25, 0.3) is 0 Å². The predicted molar refractivity (Wildman–Crippen MR) is 115 cm³/mol. The second-order valence-electron chi connectivity index (χ2n) is 7.13. The molecule has 0 saturated heterocycles. The number of hydrogen-bond donors (Lipinski definition) is 0. The Morgan fingerprint density at radius 2 is 1.80 bits per heavy atom. The molecule has 0 N–H and O–H groups in total. The topological polar surface area (TPSA) is 76.9 Å². The van der Waals surface area contributed by atoms with Gasteiger partial charge in [0, 0.05) is 30.8 Å². The normalized spacial score (nSPS) is 15.9. The Labute approximate surface area is 175 Å². The van der Waals surface area contributed by atoms with Gasteiger partial charge in [-0.05, 0) is 42.3 Å². The van der Waals surface area contributed by atoms with Crippen LogP contribution < -0.4 is 9.47 Å². The number of hydrogen-bond acceptors (Lipinski definition) is 6. The number of hydrazone groups is 1. The van der Waals surface area contributed by atoms with Crippen molar-refractivity contribution in [2.24, 2.45) is 5.10 Å². The van der Waals surface area contributed by atoms with Gasteiger partial charge >= 0.3 is 0 Å². The van der Waals surface area contributed by atoms with Gasteiger partial charge in [-0.25, -0.2) is 5.01 Å². The first-order valence-electron chi connectivity index (χ1n) is 9.97. The summed E-state index contributed by atoms with van der Waals surface area (Å²) in [5.41, 5.74) is 4.37. The fourth-order valence-electron chi connectivity index (χ4n) is 3.71. The molecule has 7 heteroatoms. The van der Waals surface area contributed by atoms with Crippen LogP contribution in [-0.2, 0) is 4.79 Å². The molecule has 1 aliphatic rings. The molecule has 4 rings (SSSR count). The summed E-state index contributed by atoms with van der Waals surface area (Å²) in [7, 11) is 3.21. The molecular weight excluding hydrogens is 380 g/mol. The van der Waals surface area contributed by atoms with Crippen LogP contribution in [0.3, 0.4) is 0 Å². The van der Waals surface area contributed by atoms with Gasteiger partial charge < -0.3 is 9.47 Å². The van der Waals surface area contributed by atoms with Crippen LogP contribution in [-0.4, -0.2) is 40.8 Å². The first kappa shape index (κ1) is 19.8. The number of ether oxygens (including phenoxy) is 2. The third kappa shape index (κ3) is 3.70. The van der Waals surface area contributed by atoms with Gasteiger partial charge in [0.1, 0.15) is 0 Å². The number of rotatable bonds is 6. The highest BCUT2D eigenvalue weighted by molar-refractivity contribution is 6.03. The molecule has 0 saturated carbocycles. The summed E-state index contributed by atoms with van der Waals surface area (Å²) in [4.78, 5) is 21.6. The van der Waals surface area contributed by atoms with E-state index in [1.165, 1.54) is 0 Å². The van der Waals surface area contributed by atoms with Crippen molar-refractivity contribution in [3.8, 4) is 11.5 Å². The van der Waals surface area contributed by atoms with E-state index in [1.807, 2.05) is 43.3 Å². The van der Waals surface area contributed by atoms with Crippen LogP contribution in [0.1, 0.15) is 43.4 Å². The van der Waals surface area contributed by atoms with Crippen molar-refractivity contribution in [3.63, 3.8) is 0 Å². The molecule has 3 aromatic rings. The Bertz CT molecular complexity index is 1110. The predicted octanol–water partition coefficient (Wildman–Crippen LogP) is 4.12. The molecule has 1 aromatic heterocycles. The SMILES string of the molecule is CCCC(=O)N1N=C(c2ccc(OC)c(OC)c2)C[C@H]1c1ccc2nccnc2c1. The summed E-state index contributed by atoms with van der Waals surface area (Å²) in [6, 6.07) is 11.4. The van der Waals surface area contributed by atoms with Crippen LogP contribution in [0.25, 0.3) is 11.0 Å². The van der Waals surface area contributed by atoms with Crippen molar-refractivity contribution >= 4 is 22.7 Å². The molecule has 1 atom stereocenters. The molecule has 30 heavy (non-hydrogen) atoms. The number of carbonyl (C=O) groups excluding carboxylic acids is 1. The number of aromatic nitrogens is 2. The zero-order valence-corrected chi connectivity index (χ0v) is 17.3. The molecule has 0 unspecified atom stereocenters. The van der Waals surface area contributed by atoms with Crippen LogP contribution >= 0.6 is 0 Å². The van der Waals surface area contributed by atoms with E-state index in [9.17, 15) is 4.79 Å². The van der Waals surface area contributed by atoms with E-state index in [0.29, 0.717) is 24.3 Å². The largest absolute Gasteiger partial charge is 0.493 e. The van der Waals surface area contributed by atoms with Crippen molar-refractivity contribution in [1.82, 2.24) is 15.0 Å². The quantitative estimate of drug-likeness (QED) is 0.617. The van der Waals surface area contributed by atoms with E-state index in [4.69, 9.17) is 14.6 Å². The van der Waals surface area contributed by atoms with Crippen molar-refractivity contribution in [2.45, 2.75) is 32.2 Å². The summed E-state index contributed by atoms with van der Waals surface area (Å²) in [6.07, 6.45) is 5.18. The van der Waals surface area contributed by atoms with Gasteiger partial charge in [0.2, 0.25) is 5.91 Å². The Morgan fingerprint density at radius 1 is 1.03 bits per heavy atom. The lowest BCUT2D eigenvalue weighted by Crippen LogP contribution is -2.26. The van der Waals surface area contributed by atoms with Crippen molar-refractivity contribution in [3.05, 3.63) is 59.9 Å². The minimum Gasteiger partial charge on any atom is -0.493 e. The summed E-state index contributed by atoms with van der Waals surface area (Å²) in [5.74, 6) is 1.30. The number of fused-ring (bicyclic) bond motifs is 1. The smallest absolute Gasteiger partial charge is 0.243 e. The standard InChI is InChI=1S/C23H24N4O3/c1-4-5-23(28)27-20(16-6-8-17-19(12-16)25-11-10-24-17)14-18(26-27)15-7-9-21(29-2)22(13-15)30-3/h6-13,20H,4-5,14H2,1-3H3/t20-/m0/s1. The van der Waals surface area contributed by atoms with Crippen molar-refractivity contribution in [2.75, 3.05) is 14.2 Å². The Kier molecular flexibility index (Phi) is 5.61. The van der Waals surface area contributed by atoms with E-state index < -0.39 is 0 Å². The number of amides is 1. The third-order valence-electron chi connectivity index (χ3n) is 5.22. The monoisotopic (exact) mass is 404 g/mol. The molecule has 0 radical (unpaired) electrons. The fraction of sp³-hybridized carbons (Fsp3) is 0.304. The highest BCUT2D eigenvalue weighted by Crippen LogP contribution is 2.36. The maximum Gasteiger partial charge on any atom is 0.243 e. The van der Waals surface area contributed by atoms with Crippen molar-refractivity contribution in [1.29, 1.82) is 0 Å². The van der Waals surface area contributed by atoms with Crippen LogP contribution in [0.2, 0.25) is 0 Å². The van der Waals surface area contributed by atoms with E-state index in [2.05, 4.69) is 9.97 Å². The van der Waals surface area contributed by atoms with Crippen LogP contribution in [0, 0.1) is 0 Å². The lowest BCUT2D eigenvalue weighted by molar-refractivity contribution is -0.133. The van der Waals surface area contributed by atoms with Gasteiger partial charge in [0.15, 0.2) is 11.5 Å². The first-order valence-corrected chi connectivity index (χ1v) is 9.97. The first-order chi connectivity index (χ1) is 14.6. The second-order valence-corrected chi connectivity index (χ2v) is 7.13. The van der Waals surface area contributed by atoms with Gasteiger partial charge in [-0.2, -0.15) is 5.10 Å². The molecule has 0 aliphatic carbocycles. The summed E-state index contributed by atoms with van der Waals surface area (Å²) < 4.78 is 10.8. The average Bonchev–Trinajstić information content (AvgIpc) is 3.24. The summed E-state index contributed by atoms with van der Waals surface area (Å²) >= 11 is 0. The fourth-order valence-corrected chi connectivity index (χ4v) is 3.71. The average molecular weight is 404 g/mol. The molecule has 1 aliphatic heterocycles. The zero-order valence-electron chi connectivity index (χ0n) is 17.3.